The van der Waals surface area contributed by atoms with Gasteiger partial charge in [0.2, 0.25) is 0 Å². The number of nitrogens with one attached hydrogen (secondary N) is 1. The van der Waals surface area contributed by atoms with Gasteiger partial charge in [0.15, 0.2) is 0 Å². The van der Waals surface area contributed by atoms with Crippen molar-refractivity contribution in [3.63, 3.8) is 0 Å². The molecule has 0 radical (unpaired) electrons. The van der Waals surface area contributed by atoms with Gasteiger partial charge in [0, 0.05) is 0 Å². The molecule has 4 rings (SSSR count). The van der Waals surface area contributed by atoms with E-state index in [1.54, 1.807) is 0 Å². The van der Waals surface area contributed by atoms with E-state index in [2.05, 4.69) is 57.3 Å². The van der Waals surface area contributed by atoms with Crippen LogP contribution >= 0.6 is 0 Å². The van der Waals surface area contributed by atoms with Crippen LogP contribution in [0.5, 0.6) is 0 Å². The van der Waals surface area contributed by atoms with Crippen molar-refractivity contribution >= 4 is 11.7 Å². The Morgan fingerprint density at radius 1 is 1.12 bits per heavy atom. The molecule has 0 aromatic carbocycles. The highest BCUT2D eigenvalue weighted by Gasteiger charge is 2.59. The second kappa shape index (κ2) is 9.14. The summed E-state index contributed by atoms with van der Waals surface area (Å²) in [7, 11) is 0. The number of hydrogen-bond donors (Lipinski definition) is 2. The molecule has 180 valence electrons. The lowest BCUT2D eigenvalue weighted by atomic mass is 9.45. The molecule has 0 aromatic heterocycles. The summed E-state index contributed by atoms with van der Waals surface area (Å²) in [6.07, 6.45) is 18.2. The number of carbonyl (C=O) groups is 1. The Labute approximate surface area is 196 Å². The summed E-state index contributed by atoms with van der Waals surface area (Å²) in [6, 6.07) is -0.580. The number of fused-ring (bicyclic) bond motifs is 5. The number of rotatable bonds is 6. The van der Waals surface area contributed by atoms with Crippen molar-refractivity contribution in [1.82, 2.24) is 5.43 Å². The molecule has 4 aliphatic rings. The topological polar surface area (TPSA) is 67.5 Å². The van der Waals surface area contributed by atoms with Crippen LogP contribution in [0.15, 0.2) is 17.3 Å². The molecular formula is C28H47N3O. The molecule has 4 heteroatoms. The molecule has 0 heterocycles. The average molecular weight is 442 g/mol. The Bertz CT molecular complexity index is 758. The van der Waals surface area contributed by atoms with Gasteiger partial charge in [-0.1, -0.05) is 60.0 Å². The van der Waals surface area contributed by atoms with E-state index >= 15 is 0 Å². The molecule has 3 fully saturated rings. The maximum atomic E-state index is 11.1. The van der Waals surface area contributed by atoms with E-state index in [-0.39, 0.29) is 5.41 Å². The molecule has 4 aliphatic carbocycles. The summed E-state index contributed by atoms with van der Waals surface area (Å²) in [5.74, 6) is 5.87. The fourth-order valence-corrected chi connectivity index (χ4v) is 8.88. The largest absolute Gasteiger partial charge is 0.350 e. The van der Waals surface area contributed by atoms with Gasteiger partial charge >= 0.3 is 6.03 Å². The SMILES string of the molecule is CC(C)CCCC(C)C1CCC2C3CCC4C/C(=N/NC(N)=O)C=CC4(C)C3CCC12C. The number of nitrogens with zero attached hydrogens (tertiary/aromatic N) is 1. The van der Waals surface area contributed by atoms with E-state index in [1.807, 2.05) is 0 Å². The lowest BCUT2D eigenvalue weighted by Crippen LogP contribution is -2.52. The minimum atomic E-state index is -0.580. The Kier molecular flexibility index (Phi) is 6.81. The third kappa shape index (κ3) is 4.28. The van der Waals surface area contributed by atoms with E-state index in [9.17, 15) is 4.79 Å². The van der Waals surface area contributed by atoms with Crippen molar-refractivity contribution in [3.8, 4) is 0 Å². The zero-order valence-electron chi connectivity index (χ0n) is 21.2. The molecule has 0 bridgehead atoms. The first kappa shape index (κ1) is 23.8. The van der Waals surface area contributed by atoms with E-state index < -0.39 is 6.03 Å². The highest BCUT2D eigenvalue weighted by atomic mass is 16.2. The molecule has 0 spiro atoms. The number of nitrogens with two attached hydrogens (primary N) is 1. The van der Waals surface area contributed by atoms with Gasteiger partial charge in [0.1, 0.15) is 0 Å². The zero-order chi connectivity index (χ0) is 23.1. The van der Waals surface area contributed by atoms with Crippen molar-refractivity contribution < 1.29 is 4.79 Å². The standard InChI is InChI=1S/C28H47N3O/c1-18(2)7-6-8-19(3)23-11-12-24-22-10-9-20-17-21(30-31-26(29)32)13-15-27(20,4)25(22)14-16-28(23,24)5/h13,15,18-20,22-25H,6-12,14,16-17H2,1-5H3,(H3,29,31,32)/b30-21+. The number of carbonyl (C=O) groups excluding carboxylic acids is 1. The predicted molar refractivity (Wildman–Crippen MR) is 133 cm³/mol. The van der Waals surface area contributed by atoms with Gasteiger partial charge in [-0.2, -0.15) is 5.10 Å². The van der Waals surface area contributed by atoms with Gasteiger partial charge in [-0.3, -0.25) is 0 Å². The lowest BCUT2D eigenvalue weighted by molar-refractivity contribution is -0.0808. The molecule has 0 aromatic rings. The molecule has 0 saturated heterocycles. The molecular weight excluding hydrogens is 394 g/mol. The smallest absolute Gasteiger partial charge is 0.332 e. The van der Waals surface area contributed by atoms with E-state index in [4.69, 9.17) is 5.73 Å². The van der Waals surface area contributed by atoms with Gasteiger partial charge in [0.25, 0.3) is 0 Å². The molecule has 8 atom stereocenters. The highest BCUT2D eigenvalue weighted by molar-refractivity contribution is 5.96. The van der Waals surface area contributed by atoms with Crippen LogP contribution in [0.1, 0.15) is 98.8 Å². The number of hydrogen-bond acceptors (Lipinski definition) is 2. The third-order valence-electron chi connectivity index (χ3n) is 10.6. The maximum absolute atomic E-state index is 11.1. The monoisotopic (exact) mass is 441 g/mol. The van der Waals surface area contributed by atoms with Crippen LogP contribution < -0.4 is 11.2 Å². The van der Waals surface area contributed by atoms with Crippen LogP contribution in [0.2, 0.25) is 0 Å². The molecule has 4 nitrogen and oxygen atoms in total. The Hall–Kier alpha value is -1.32. The molecule has 3 N–H and O–H groups in total. The van der Waals surface area contributed by atoms with Crippen LogP contribution in [0.25, 0.3) is 0 Å². The van der Waals surface area contributed by atoms with E-state index in [0.717, 1.165) is 47.6 Å². The molecule has 8 unspecified atom stereocenters. The normalized spacial score (nSPS) is 42.9. The lowest BCUT2D eigenvalue weighted by Gasteiger charge is -2.59. The summed E-state index contributed by atoms with van der Waals surface area (Å²) in [6.45, 7) is 12.5. The van der Waals surface area contributed by atoms with Crippen LogP contribution in [0.4, 0.5) is 4.79 Å². The van der Waals surface area contributed by atoms with Crippen LogP contribution in [-0.2, 0) is 0 Å². The molecule has 32 heavy (non-hydrogen) atoms. The van der Waals surface area contributed by atoms with Gasteiger partial charge in [-0.25, -0.2) is 10.2 Å². The number of allylic oxidation sites excluding steroid dienone is 2. The van der Waals surface area contributed by atoms with Gasteiger partial charge in [0.05, 0.1) is 5.71 Å². The highest BCUT2D eigenvalue weighted by Crippen LogP contribution is 2.67. The van der Waals surface area contributed by atoms with Crippen molar-refractivity contribution in [3.05, 3.63) is 12.2 Å². The summed E-state index contributed by atoms with van der Waals surface area (Å²) in [4.78, 5) is 11.1. The minimum absolute atomic E-state index is 0.275. The predicted octanol–water partition coefficient (Wildman–Crippen LogP) is 6.91. The molecule has 0 aliphatic heterocycles. The quantitative estimate of drug-likeness (QED) is 0.432. The number of hydrazone groups is 1. The maximum Gasteiger partial charge on any atom is 0.332 e. The van der Waals surface area contributed by atoms with Crippen molar-refractivity contribution in [2.45, 2.75) is 98.8 Å². The van der Waals surface area contributed by atoms with Gasteiger partial charge < -0.3 is 5.73 Å². The summed E-state index contributed by atoms with van der Waals surface area (Å²) < 4.78 is 0. The first-order valence-corrected chi connectivity index (χ1v) is 13.5. The number of urea groups is 1. The Morgan fingerprint density at radius 2 is 1.91 bits per heavy atom. The fourth-order valence-electron chi connectivity index (χ4n) is 8.88. The van der Waals surface area contributed by atoms with E-state index in [0.29, 0.717) is 11.3 Å². The zero-order valence-corrected chi connectivity index (χ0v) is 21.2. The van der Waals surface area contributed by atoms with Gasteiger partial charge in [-0.15, -0.1) is 0 Å². The molecule has 2 amide bonds. The average Bonchev–Trinajstić information content (AvgIpc) is 3.09. The minimum Gasteiger partial charge on any atom is -0.350 e. The first-order chi connectivity index (χ1) is 15.1. The van der Waals surface area contributed by atoms with Crippen LogP contribution in [0, 0.1) is 52.3 Å². The van der Waals surface area contributed by atoms with Crippen LogP contribution in [-0.4, -0.2) is 11.7 Å². The second-order valence-corrected chi connectivity index (χ2v) is 12.7. The van der Waals surface area contributed by atoms with E-state index in [1.165, 1.54) is 57.8 Å². The second-order valence-electron chi connectivity index (χ2n) is 12.7. The first-order valence-electron chi connectivity index (χ1n) is 13.5. The number of primary amides is 1. The fraction of sp³-hybridized carbons (Fsp3) is 0.857. The third-order valence-corrected chi connectivity index (χ3v) is 10.6. The summed E-state index contributed by atoms with van der Waals surface area (Å²) in [5, 5.41) is 4.24. The summed E-state index contributed by atoms with van der Waals surface area (Å²) >= 11 is 0. The Balaban J connectivity index is 1.47. The van der Waals surface area contributed by atoms with Gasteiger partial charge in [-0.05, 0) is 103 Å². The van der Waals surface area contributed by atoms with Crippen molar-refractivity contribution in [2.75, 3.05) is 0 Å². The Morgan fingerprint density at radius 3 is 2.62 bits per heavy atom. The number of amides is 2. The van der Waals surface area contributed by atoms with Crippen molar-refractivity contribution in [2.24, 2.45) is 63.1 Å². The van der Waals surface area contributed by atoms with Crippen LogP contribution in [0.3, 0.4) is 0 Å². The summed E-state index contributed by atoms with van der Waals surface area (Å²) in [5.41, 5.74) is 9.44. The molecule has 3 saturated carbocycles. The van der Waals surface area contributed by atoms with Crippen molar-refractivity contribution in [1.29, 1.82) is 0 Å².